The lowest BCUT2D eigenvalue weighted by molar-refractivity contribution is -0.130. The number of amides is 2. The largest absolute Gasteiger partial charge is 0.355 e. The Bertz CT molecular complexity index is 590. The van der Waals surface area contributed by atoms with Crippen molar-refractivity contribution in [1.29, 1.82) is 0 Å². The molecular formula is C20H29N3O2. The number of carbonyl (C=O) groups excluding carboxylic acids is 2. The van der Waals surface area contributed by atoms with Crippen LogP contribution in [0.25, 0.3) is 0 Å². The first-order valence-corrected chi connectivity index (χ1v) is 9.47. The van der Waals surface area contributed by atoms with Crippen molar-refractivity contribution in [3.8, 4) is 0 Å². The summed E-state index contributed by atoms with van der Waals surface area (Å²) < 4.78 is 0. The van der Waals surface area contributed by atoms with E-state index in [2.05, 4.69) is 22.3 Å². The summed E-state index contributed by atoms with van der Waals surface area (Å²) in [6, 6.07) is 10.8. The molecule has 2 heterocycles. The number of hydrogen-bond acceptors (Lipinski definition) is 3. The molecule has 2 atom stereocenters. The lowest BCUT2D eigenvalue weighted by atomic mass is 10.0. The van der Waals surface area contributed by atoms with Crippen molar-refractivity contribution >= 4 is 11.8 Å². The van der Waals surface area contributed by atoms with Crippen molar-refractivity contribution in [1.82, 2.24) is 15.1 Å². The Labute approximate surface area is 150 Å². The molecule has 1 aromatic carbocycles. The predicted octanol–water partition coefficient (Wildman–Crippen LogP) is 1.82. The summed E-state index contributed by atoms with van der Waals surface area (Å²) in [7, 11) is 0. The Hall–Kier alpha value is -1.88. The zero-order valence-corrected chi connectivity index (χ0v) is 15.1. The quantitative estimate of drug-likeness (QED) is 0.857. The molecule has 5 nitrogen and oxygen atoms in total. The normalized spacial score (nSPS) is 23.8. The number of benzene rings is 1. The molecule has 1 N–H and O–H groups in total. The van der Waals surface area contributed by atoms with Gasteiger partial charge in [0.15, 0.2) is 0 Å². The van der Waals surface area contributed by atoms with Gasteiger partial charge in [-0.1, -0.05) is 30.3 Å². The highest BCUT2D eigenvalue weighted by Crippen LogP contribution is 2.29. The van der Waals surface area contributed by atoms with Gasteiger partial charge in [0.2, 0.25) is 11.8 Å². The van der Waals surface area contributed by atoms with E-state index in [1.54, 1.807) is 6.92 Å². The maximum Gasteiger partial charge on any atom is 0.234 e. The smallest absolute Gasteiger partial charge is 0.234 e. The fourth-order valence-corrected chi connectivity index (χ4v) is 4.30. The molecule has 0 unspecified atom stereocenters. The molecule has 3 rings (SSSR count). The molecule has 1 aromatic rings. The Balaban J connectivity index is 1.47. The molecule has 2 amide bonds. The van der Waals surface area contributed by atoms with Crippen molar-refractivity contribution in [3.05, 3.63) is 35.9 Å². The molecule has 136 valence electrons. The van der Waals surface area contributed by atoms with E-state index in [0.29, 0.717) is 19.1 Å². The SMILES string of the molecule is CC(=O)N1CCC[C@@H]1[C@H]1CCCN1CC(=O)NCCc1ccccc1. The van der Waals surface area contributed by atoms with Gasteiger partial charge in [-0.05, 0) is 44.2 Å². The Morgan fingerprint density at radius 2 is 1.80 bits per heavy atom. The fourth-order valence-electron chi connectivity index (χ4n) is 4.30. The summed E-state index contributed by atoms with van der Waals surface area (Å²) in [5.74, 6) is 0.261. The van der Waals surface area contributed by atoms with Crippen LogP contribution in [0, 0.1) is 0 Å². The number of nitrogens with zero attached hydrogens (tertiary/aromatic N) is 2. The van der Waals surface area contributed by atoms with Crippen LogP contribution < -0.4 is 5.32 Å². The molecular weight excluding hydrogens is 314 g/mol. The van der Waals surface area contributed by atoms with Gasteiger partial charge in [0, 0.05) is 32.1 Å². The second-order valence-corrected chi connectivity index (χ2v) is 7.19. The van der Waals surface area contributed by atoms with Crippen molar-refractivity contribution in [2.24, 2.45) is 0 Å². The van der Waals surface area contributed by atoms with Crippen LogP contribution in [0.3, 0.4) is 0 Å². The standard InChI is InChI=1S/C20H29N3O2/c1-16(24)23-14-6-10-19(23)18-9-5-13-22(18)15-20(25)21-12-11-17-7-3-2-4-8-17/h2-4,7-8,18-19H,5-6,9-15H2,1H3,(H,21,25)/t18-,19-/m1/s1. The van der Waals surface area contributed by atoms with Crippen LogP contribution in [-0.4, -0.2) is 59.9 Å². The highest BCUT2D eigenvalue weighted by atomic mass is 16.2. The van der Waals surface area contributed by atoms with Crippen LogP contribution >= 0.6 is 0 Å². The minimum Gasteiger partial charge on any atom is -0.355 e. The van der Waals surface area contributed by atoms with E-state index >= 15 is 0 Å². The van der Waals surface area contributed by atoms with E-state index < -0.39 is 0 Å². The summed E-state index contributed by atoms with van der Waals surface area (Å²) in [5.41, 5.74) is 1.24. The Morgan fingerprint density at radius 1 is 1.08 bits per heavy atom. The average molecular weight is 343 g/mol. The van der Waals surface area contributed by atoms with Gasteiger partial charge < -0.3 is 10.2 Å². The van der Waals surface area contributed by atoms with Gasteiger partial charge in [0.05, 0.1) is 6.54 Å². The van der Waals surface area contributed by atoms with Gasteiger partial charge in [0.1, 0.15) is 0 Å². The molecule has 2 saturated heterocycles. The third-order valence-corrected chi connectivity index (χ3v) is 5.49. The number of nitrogens with one attached hydrogen (secondary N) is 1. The summed E-state index contributed by atoms with van der Waals surface area (Å²) in [4.78, 5) is 28.5. The first-order valence-electron chi connectivity index (χ1n) is 9.47. The maximum atomic E-state index is 12.3. The van der Waals surface area contributed by atoms with Gasteiger partial charge in [-0.2, -0.15) is 0 Å². The Morgan fingerprint density at radius 3 is 2.56 bits per heavy atom. The van der Waals surface area contributed by atoms with E-state index in [-0.39, 0.29) is 17.9 Å². The highest BCUT2D eigenvalue weighted by Gasteiger charge is 2.39. The summed E-state index contributed by atoms with van der Waals surface area (Å²) in [5, 5.41) is 3.04. The van der Waals surface area contributed by atoms with E-state index in [1.165, 1.54) is 5.56 Å². The molecule has 2 aliphatic rings. The van der Waals surface area contributed by atoms with Crippen molar-refractivity contribution in [3.63, 3.8) is 0 Å². The predicted molar refractivity (Wildman–Crippen MR) is 98.2 cm³/mol. The number of hydrogen-bond donors (Lipinski definition) is 1. The second kappa shape index (κ2) is 8.48. The second-order valence-electron chi connectivity index (χ2n) is 7.19. The maximum absolute atomic E-state index is 12.3. The lowest BCUT2D eigenvalue weighted by Gasteiger charge is -2.34. The lowest BCUT2D eigenvalue weighted by Crippen LogP contribution is -2.50. The third-order valence-electron chi connectivity index (χ3n) is 5.49. The van der Waals surface area contributed by atoms with E-state index in [4.69, 9.17) is 0 Å². The molecule has 0 bridgehead atoms. The van der Waals surface area contributed by atoms with Crippen LogP contribution in [0.4, 0.5) is 0 Å². The van der Waals surface area contributed by atoms with Crippen molar-refractivity contribution < 1.29 is 9.59 Å². The molecule has 0 aromatic heterocycles. The van der Waals surface area contributed by atoms with E-state index in [9.17, 15) is 9.59 Å². The third kappa shape index (κ3) is 4.60. The number of carbonyl (C=O) groups is 2. The molecule has 0 radical (unpaired) electrons. The van der Waals surface area contributed by atoms with Crippen LogP contribution in [0.2, 0.25) is 0 Å². The molecule has 5 heteroatoms. The van der Waals surface area contributed by atoms with Crippen LogP contribution in [0.1, 0.15) is 38.2 Å². The number of rotatable bonds is 6. The molecule has 25 heavy (non-hydrogen) atoms. The average Bonchev–Trinajstić information content (AvgIpc) is 3.24. The first kappa shape index (κ1) is 17.9. The molecule has 0 spiro atoms. The van der Waals surface area contributed by atoms with Gasteiger partial charge in [0.25, 0.3) is 0 Å². The zero-order chi connectivity index (χ0) is 17.6. The first-order chi connectivity index (χ1) is 12.1. The minimum absolute atomic E-state index is 0.0928. The van der Waals surface area contributed by atoms with Gasteiger partial charge in [-0.3, -0.25) is 14.5 Å². The van der Waals surface area contributed by atoms with Crippen LogP contribution in [0.15, 0.2) is 30.3 Å². The van der Waals surface area contributed by atoms with E-state index in [1.807, 2.05) is 23.1 Å². The number of likely N-dealkylation sites (tertiary alicyclic amines) is 2. The van der Waals surface area contributed by atoms with Crippen LogP contribution in [0.5, 0.6) is 0 Å². The fraction of sp³-hybridized carbons (Fsp3) is 0.600. The summed E-state index contributed by atoms with van der Waals surface area (Å²) in [6.07, 6.45) is 5.21. The van der Waals surface area contributed by atoms with Gasteiger partial charge in [-0.15, -0.1) is 0 Å². The van der Waals surface area contributed by atoms with E-state index in [0.717, 1.165) is 45.2 Å². The summed E-state index contributed by atoms with van der Waals surface area (Å²) in [6.45, 7) is 4.60. The van der Waals surface area contributed by atoms with Crippen LogP contribution in [-0.2, 0) is 16.0 Å². The summed E-state index contributed by atoms with van der Waals surface area (Å²) >= 11 is 0. The molecule has 0 aliphatic carbocycles. The molecule has 0 saturated carbocycles. The molecule has 2 fully saturated rings. The monoisotopic (exact) mass is 343 g/mol. The van der Waals surface area contributed by atoms with Crippen molar-refractivity contribution in [2.45, 2.75) is 51.1 Å². The minimum atomic E-state index is 0.0928. The Kier molecular flexibility index (Phi) is 6.08. The highest BCUT2D eigenvalue weighted by molar-refractivity contribution is 5.78. The van der Waals surface area contributed by atoms with Gasteiger partial charge in [-0.25, -0.2) is 0 Å². The van der Waals surface area contributed by atoms with Crippen molar-refractivity contribution in [2.75, 3.05) is 26.2 Å². The topological polar surface area (TPSA) is 52.7 Å². The van der Waals surface area contributed by atoms with Gasteiger partial charge >= 0.3 is 0 Å². The molecule has 2 aliphatic heterocycles. The zero-order valence-electron chi connectivity index (χ0n) is 15.1.